The molecule has 2 heterocycles. The van der Waals surface area contributed by atoms with Gasteiger partial charge in [-0.25, -0.2) is 4.39 Å². The minimum atomic E-state index is -4.45. The van der Waals surface area contributed by atoms with Crippen LogP contribution in [0, 0.1) is 19.7 Å². The van der Waals surface area contributed by atoms with Crippen molar-refractivity contribution in [2.45, 2.75) is 46.0 Å². The predicted molar refractivity (Wildman–Crippen MR) is 216 cm³/mol. The van der Waals surface area contributed by atoms with E-state index in [1.165, 1.54) is 35.9 Å². The molecule has 6 rings (SSSR count). The molecule has 8 nitrogen and oxygen atoms in total. The minimum Gasteiger partial charge on any atom is -0.496 e. The van der Waals surface area contributed by atoms with Gasteiger partial charge in [-0.2, -0.15) is 13.2 Å². The largest absolute Gasteiger partial charge is 0.496 e. The smallest absolute Gasteiger partial charge is 0.417 e. The fraction of sp³-hybridized carbons (Fsp3) is 0.442. The number of piperazine rings is 2. The second-order valence-corrected chi connectivity index (χ2v) is 14.5. The van der Waals surface area contributed by atoms with E-state index in [0.29, 0.717) is 18.8 Å². The Morgan fingerprint density at radius 3 is 1.64 bits per heavy atom. The SMILES string of the molecule is COc1cc(N2CCN(C(C)c3ccc(OC)c(OC)c3)CC2)ccc1F.COc1ccc(C(C)N2CCN(c3ccc(Cl)c(C(F)(F)F)c3)CC2)c(C)c1C. The number of alkyl halides is 3. The molecule has 0 aliphatic carbocycles. The normalized spacial score (nSPS) is 16.4. The molecule has 4 aromatic rings. The highest BCUT2D eigenvalue weighted by Gasteiger charge is 2.34. The number of hydrogen-bond acceptors (Lipinski definition) is 8. The number of hydrogen-bond donors (Lipinski definition) is 0. The molecule has 2 aliphatic heterocycles. The second kappa shape index (κ2) is 18.7. The van der Waals surface area contributed by atoms with Crippen molar-refractivity contribution in [3.05, 3.63) is 105 Å². The molecule has 0 radical (unpaired) electrons. The van der Waals surface area contributed by atoms with Crippen molar-refractivity contribution in [2.24, 2.45) is 0 Å². The average Bonchev–Trinajstić information content (AvgIpc) is 3.21. The molecule has 56 heavy (non-hydrogen) atoms. The van der Waals surface area contributed by atoms with Gasteiger partial charge in [-0.15, -0.1) is 0 Å². The monoisotopic (exact) mass is 800 g/mol. The lowest BCUT2D eigenvalue weighted by molar-refractivity contribution is -0.137. The lowest BCUT2D eigenvalue weighted by atomic mass is 9.96. The maximum absolute atomic E-state index is 13.6. The molecular weight excluding hydrogens is 748 g/mol. The number of ether oxygens (including phenoxy) is 4. The molecule has 2 unspecified atom stereocenters. The highest BCUT2D eigenvalue weighted by Crippen LogP contribution is 2.38. The topological polar surface area (TPSA) is 49.9 Å². The van der Waals surface area contributed by atoms with E-state index in [1.807, 2.05) is 29.2 Å². The lowest BCUT2D eigenvalue weighted by Gasteiger charge is -2.40. The van der Waals surface area contributed by atoms with Gasteiger partial charge in [-0.05, 0) is 98.5 Å². The summed E-state index contributed by atoms with van der Waals surface area (Å²) >= 11 is 5.75. The first-order chi connectivity index (χ1) is 26.7. The van der Waals surface area contributed by atoms with Gasteiger partial charge >= 0.3 is 6.18 Å². The van der Waals surface area contributed by atoms with E-state index in [1.54, 1.807) is 33.5 Å². The molecule has 0 spiro atoms. The molecule has 13 heteroatoms. The van der Waals surface area contributed by atoms with Gasteiger partial charge in [-0.1, -0.05) is 23.7 Å². The molecule has 2 atom stereocenters. The summed E-state index contributed by atoms with van der Waals surface area (Å²) in [5, 5.41) is -0.265. The second-order valence-electron chi connectivity index (χ2n) is 14.1. The Kier molecular flexibility index (Phi) is 14.3. The van der Waals surface area contributed by atoms with Crippen molar-refractivity contribution in [2.75, 3.05) is 90.6 Å². The fourth-order valence-corrected chi connectivity index (χ4v) is 7.74. The number of nitrogens with zero attached hydrogens (tertiary/aromatic N) is 4. The molecule has 0 amide bonds. The van der Waals surface area contributed by atoms with Gasteiger partial charge in [-0.3, -0.25) is 9.80 Å². The zero-order chi connectivity index (χ0) is 40.7. The van der Waals surface area contributed by atoms with E-state index in [4.69, 9.17) is 30.5 Å². The summed E-state index contributed by atoms with van der Waals surface area (Å²) in [6.07, 6.45) is -4.45. The maximum Gasteiger partial charge on any atom is 0.417 e. The summed E-state index contributed by atoms with van der Waals surface area (Å²) in [5.41, 5.74) is 5.57. The van der Waals surface area contributed by atoms with E-state index in [9.17, 15) is 17.6 Å². The van der Waals surface area contributed by atoms with Gasteiger partial charge in [0.1, 0.15) is 5.75 Å². The summed E-state index contributed by atoms with van der Waals surface area (Å²) in [7, 11) is 6.46. The summed E-state index contributed by atoms with van der Waals surface area (Å²) in [6, 6.07) is 19.9. The first kappa shape index (κ1) is 42.7. The standard InChI is InChI=1S/C22H26ClF3N2O.C21H27FN2O3/c1-14-15(2)21(29-4)8-6-18(14)16(3)27-9-11-28(12-10-27)17-5-7-20(23)19(13-17)22(24,25)26;1-15(16-5-8-19(25-2)21(13-16)27-4)23-9-11-24(12-10-23)17-6-7-18(22)20(14-17)26-3/h5-8,13,16H,9-12H2,1-4H3;5-8,13-15H,9-12H2,1-4H3. The number of methoxy groups -OCH3 is 4. The molecule has 0 bridgehead atoms. The van der Waals surface area contributed by atoms with E-state index < -0.39 is 11.7 Å². The van der Waals surface area contributed by atoms with Crippen molar-refractivity contribution in [1.29, 1.82) is 0 Å². The van der Waals surface area contributed by atoms with Crippen LogP contribution in [-0.4, -0.2) is 90.6 Å². The third-order valence-electron chi connectivity index (χ3n) is 11.2. The Hall–Kier alpha value is -4.39. The number of rotatable bonds is 10. The molecule has 0 aromatic heterocycles. The molecular formula is C43H53ClF4N4O4. The molecule has 2 fully saturated rings. The van der Waals surface area contributed by atoms with Gasteiger partial charge in [0.05, 0.1) is 39.0 Å². The Bertz CT molecular complexity index is 1930. The highest BCUT2D eigenvalue weighted by atomic mass is 35.5. The zero-order valence-electron chi connectivity index (χ0n) is 33.5. The van der Waals surface area contributed by atoms with Gasteiger partial charge in [0, 0.05) is 81.9 Å². The van der Waals surface area contributed by atoms with Crippen LogP contribution < -0.4 is 28.7 Å². The van der Waals surface area contributed by atoms with E-state index in [0.717, 1.165) is 73.8 Å². The summed E-state index contributed by atoms with van der Waals surface area (Å²) < 4.78 is 74.4. The van der Waals surface area contributed by atoms with Crippen LogP contribution in [0.1, 0.15) is 53.7 Å². The Labute approximate surface area is 333 Å². The lowest BCUT2D eigenvalue weighted by Crippen LogP contribution is -2.47. The first-order valence-electron chi connectivity index (χ1n) is 18.7. The van der Waals surface area contributed by atoms with Crippen molar-refractivity contribution in [1.82, 2.24) is 9.80 Å². The number of benzene rings is 4. The Balaban J connectivity index is 0.000000215. The van der Waals surface area contributed by atoms with Crippen LogP contribution in [-0.2, 0) is 6.18 Å². The van der Waals surface area contributed by atoms with E-state index in [-0.39, 0.29) is 28.7 Å². The van der Waals surface area contributed by atoms with Crippen LogP contribution in [0.5, 0.6) is 23.0 Å². The third kappa shape index (κ3) is 9.76. The van der Waals surface area contributed by atoms with Crippen LogP contribution in [0.25, 0.3) is 0 Å². The van der Waals surface area contributed by atoms with Crippen LogP contribution >= 0.6 is 11.6 Å². The summed E-state index contributed by atoms with van der Waals surface area (Å²) in [5.74, 6) is 2.32. The molecule has 0 N–H and O–H groups in total. The summed E-state index contributed by atoms with van der Waals surface area (Å²) in [4.78, 5) is 9.06. The quantitative estimate of drug-likeness (QED) is 0.147. The van der Waals surface area contributed by atoms with Crippen LogP contribution in [0.15, 0.2) is 66.7 Å². The van der Waals surface area contributed by atoms with Gasteiger partial charge in [0.25, 0.3) is 0 Å². The summed E-state index contributed by atoms with van der Waals surface area (Å²) in [6.45, 7) is 15.0. The number of halogens is 5. The number of anilines is 2. The maximum atomic E-state index is 13.6. The van der Waals surface area contributed by atoms with Crippen molar-refractivity contribution in [3.8, 4) is 23.0 Å². The molecule has 4 aromatic carbocycles. The Morgan fingerprint density at radius 2 is 1.09 bits per heavy atom. The molecule has 0 saturated carbocycles. The molecule has 2 aliphatic rings. The highest BCUT2D eigenvalue weighted by molar-refractivity contribution is 6.31. The van der Waals surface area contributed by atoms with Crippen molar-refractivity contribution < 1.29 is 36.5 Å². The van der Waals surface area contributed by atoms with Crippen molar-refractivity contribution >= 4 is 23.0 Å². The van der Waals surface area contributed by atoms with Gasteiger partial charge in [0.2, 0.25) is 0 Å². The van der Waals surface area contributed by atoms with Crippen molar-refractivity contribution in [3.63, 3.8) is 0 Å². The van der Waals surface area contributed by atoms with Crippen LogP contribution in [0.4, 0.5) is 28.9 Å². The van der Waals surface area contributed by atoms with Gasteiger partial charge in [0.15, 0.2) is 23.1 Å². The minimum absolute atomic E-state index is 0.220. The van der Waals surface area contributed by atoms with E-state index in [2.05, 4.69) is 54.5 Å². The third-order valence-corrected chi connectivity index (χ3v) is 11.5. The van der Waals surface area contributed by atoms with E-state index >= 15 is 0 Å². The Morgan fingerprint density at radius 1 is 0.571 bits per heavy atom. The van der Waals surface area contributed by atoms with Crippen LogP contribution in [0.2, 0.25) is 5.02 Å². The van der Waals surface area contributed by atoms with Gasteiger partial charge < -0.3 is 28.7 Å². The van der Waals surface area contributed by atoms with Crippen LogP contribution in [0.3, 0.4) is 0 Å². The molecule has 2 saturated heterocycles. The zero-order valence-corrected chi connectivity index (χ0v) is 34.2. The average molecular weight is 801 g/mol. The fourth-order valence-electron chi connectivity index (χ4n) is 7.52. The molecule has 304 valence electrons. The first-order valence-corrected chi connectivity index (χ1v) is 19.1. The predicted octanol–water partition coefficient (Wildman–Crippen LogP) is 9.60.